The second-order valence-electron chi connectivity index (χ2n) is 8.18. The lowest BCUT2D eigenvalue weighted by molar-refractivity contribution is -0.274. The zero-order valence-electron chi connectivity index (χ0n) is 19.3. The van der Waals surface area contributed by atoms with Crippen molar-refractivity contribution in [1.29, 1.82) is 0 Å². The molecular formula is C24H24F3N3O5S. The fourth-order valence-electron chi connectivity index (χ4n) is 4.16. The topological polar surface area (TPSA) is 99.5 Å². The van der Waals surface area contributed by atoms with Crippen LogP contribution in [0.15, 0.2) is 59.6 Å². The third-order valence-corrected chi connectivity index (χ3v) is 7.20. The number of nitrogens with one attached hydrogen (secondary N) is 1. The lowest BCUT2D eigenvalue weighted by Gasteiger charge is -2.24. The van der Waals surface area contributed by atoms with Crippen molar-refractivity contribution in [2.24, 2.45) is 0 Å². The molecule has 1 N–H and O–H groups in total. The van der Waals surface area contributed by atoms with Gasteiger partial charge >= 0.3 is 12.3 Å². The van der Waals surface area contributed by atoms with Crippen molar-refractivity contribution >= 4 is 16.0 Å². The zero-order valence-corrected chi connectivity index (χ0v) is 20.1. The summed E-state index contributed by atoms with van der Waals surface area (Å²) in [6.45, 7) is 1.93. The average Bonchev–Trinajstić information content (AvgIpc) is 3.22. The van der Waals surface area contributed by atoms with Crippen molar-refractivity contribution in [3.8, 4) is 16.9 Å². The fourth-order valence-corrected chi connectivity index (χ4v) is 5.41. The molecule has 0 saturated heterocycles. The van der Waals surface area contributed by atoms with E-state index in [4.69, 9.17) is 4.74 Å². The molecule has 0 spiro atoms. The van der Waals surface area contributed by atoms with Gasteiger partial charge in [0, 0.05) is 11.3 Å². The first-order valence-electron chi connectivity index (χ1n) is 11.2. The van der Waals surface area contributed by atoms with Gasteiger partial charge in [-0.1, -0.05) is 24.3 Å². The third kappa shape index (κ3) is 6.05. The van der Waals surface area contributed by atoms with Gasteiger partial charge < -0.3 is 9.47 Å². The molecule has 1 atom stereocenters. The van der Waals surface area contributed by atoms with Crippen molar-refractivity contribution in [1.82, 2.24) is 14.5 Å². The van der Waals surface area contributed by atoms with E-state index in [0.29, 0.717) is 36.0 Å². The fraction of sp³-hybridized carbons (Fsp3) is 0.333. The molecule has 0 amide bonds. The Hall–Kier alpha value is -3.38. The van der Waals surface area contributed by atoms with E-state index in [1.807, 2.05) is 0 Å². The van der Waals surface area contributed by atoms with Crippen molar-refractivity contribution in [3.63, 3.8) is 0 Å². The summed E-state index contributed by atoms with van der Waals surface area (Å²) in [6.07, 6.45) is -1.29. The Labute approximate surface area is 206 Å². The van der Waals surface area contributed by atoms with Crippen LogP contribution in [-0.4, -0.2) is 37.1 Å². The normalized spacial score (nSPS) is 15.8. The van der Waals surface area contributed by atoms with E-state index in [-0.39, 0.29) is 23.8 Å². The van der Waals surface area contributed by atoms with Crippen LogP contribution in [0.2, 0.25) is 0 Å². The molecule has 192 valence electrons. The number of esters is 1. The van der Waals surface area contributed by atoms with Crippen molar-refractivity contribution < 1.29 is 35.9 Å². The smallest absolute Gasteiger partial charge is 0.465 e. The van der Waals surface area contributed by atoms with Crippen LogP contribution in [-0.2, 0) is 32.5 Å². The molecule has 4 rings (SSSR count). The van der Waals surface area contributed by atoms with Crippen LogP contribution in [0.1, 0.15) is 37.1 Å². The minimum Gasteiger partial charge on any atom is -0.465 e. The number of hydrogen-bond donors (Lipinski definition) is 1. The number of rotatable bonds is 8. The zero-order chi connectivity index (χ0) is 25.9. The molecule has 2 aromatic carbocycles. The molecule has 1 aliphatic rings. The summed E-state index contributed by atoms with van der Waals surface area (Å²) in [4.78, 5) is 11.9. The standard InChI is InChI=1S/C24H24F3N3O5S/c1-2-34-23(31)15-30-22-8-4-7-21(20(22)14-28-30)29-36(32,33)19-11-9-16(10-12-19)17-5-3-6-18(13-17)35-24(25,26)27/h3,5-6,9-14,21,29H,2,4,7-8,15H2,1H3. The van der Waals surface area contributed by atoms with Gasteiger partial charge in [0.1, 0.15) is 12.3 Å². The van der Waals surface area contributed by atoms with Crippen LogP contribution in [0.5, 0.6) is 5.75 Å². The summed E-state index contributed by atoms with van der Waals surface area (Å²) in [5, 5.41) is 4.25. The minimum absolute atomic E-state index is 0.0139. The van der Waals surface area contributed by atoms with E-state index in [2.05, 4.69) is 14.6 Å². The highest BCUT2D eigenvalue weighted by Gasteiger charge is 2.31. The van der Waals surface area contributed by atoms with Gasteiger partial charge in [0.15, 0.2) is 0 Å². The predicted molar refractivity (Wildman–Crippen MR) is 123 cm³/mol. The van der Waals surface area contributed by atoms with Crippen LogP contribution in [0, 0.1) is 0 Å². The second-order valence-corrected chi connectivity index (χ2v) is 9.89. The Bertz CT molecular complexity index is 1340. The number of alkyl halides is 3. The summed E-state index contributed by atoms with van der Waals surface area (Å²) in [6, 6.07) is 10.8. The Kier molecular flexibility index (Phi) is 7.36. The highest BCUT2D eigenvalue weighted by molar-refractivity contribution is 7.89. The molecule has 0 fully saturated rings. The number of carbonyl (C=O) groups excluding carboxylic acids is 1. The largest absolute Gasteiger partial charge is 0.573 e. The number of carbonyl (C=O) groups is 1. The SMILES string of the molecule is CCOC(=O)Cn1ncc2c1CCCC2NS(=O)(=O)c1ccc(-c2cccc(OC(F)(F)F)c2)cc1. The van der Waals surface area contributed by atoms with E-state index in [0.717, 1.165) is 5.69 Å². The maximum atomic E-state index is 13.1. The molecule has 1 unspecified atom stereocenters. The number of fused-ring (bicyclic) bond motifs is 1. The van der Waals surface area contributed by atoms with Crippen LogP contribution >= 0.6 is 0 Å². The summed E-state index contributed by atoms with van der Waals surface area (Å²) in [7, 11) is -3.91. The summed E-state index contributed by atoms with van der Waals surface area (Å²) in [5.74, 6) is -0.781. The molecule has 0 aliphatic heterocycles. The van der Waals surface area contributed by atoms with Gasteiger partial charge in [0.05, 0.1) is 23.7 Å². The first kappa shape index (κ1) is 25.7. The highest BCUT2D eigenvalue weighted by atomic mass is 32.2. The molecule has 3 aromatic rings. The quantitative estimate of drug-likeness (QED) is 0.441. The van der Waals surface area contributed by atoms with E-state index in [1.165, 1.54) is 42.5 Å². The Morgan fingerprint density at radius 1 is 1.17 bits per heavy atom. The molecule has 8 nitrogen and oxygen atoms in total. The molecular weight excluding hydrogens is 499 g/mol. The van der Waals surface area contributed by atoms with Crippen LogP contribution in [0.3, 0.4) is 0 Å². The van der Waals surface area contributed by atoms with Gasteiger partial charge in [-0.2, -0.15) is 5.10 Å². The van der Waals surface area contributed by atoms with Crippen LogP contribution in [0.4, 0.5) is 13.2 Å². The molecule has 1 aromatic heterocycles. The van der Waals surface area contributed by atoms with Gasteiger partial charge in [0.25, 0.3) is 0 Å². The van der Waals surface area contributed by atoms with Gasteiger partial charge in [0.2, 0.25) is 10.0 Å². The van der Waals surface area contributed by atoms with E-state index in [1.54, 1.807) is 23.9 Å². The third-order valence-electron chi connectivity index (χ3n) is 5.71. The van der Waals surface area contributed by atoms with Crippen molar-refractivity contribution in [3.05, 3.63) is 66.0 Å². The maximum absolute atomic E-state index is 13.1. The van der Waals surface area contributed by atoms with Crippen LogP contribution < -0.4 is 9.46 Å². The number of aromatic nitrogens is 2. The van der Waals surface area contributed by atoms with Crippen molar-refractivity contribution in [2.45, 2.75) is 50.0 Å². The Morgan fingerprint density at radius 2 is 1.92 bits per heavy atom. The lowest BCUT2D eigenvalue weighted by Crippen LogP contribution is -2.31. The minimum atomic E-state index is -4.81. The number of ether oxygens (including phenoxy) is 2. The molecule has 1 aliphatic carbocycles. The molecule has 1 heterocycles. The Balaban J connectivity index is 1.50. The summed E-state index contributed by atoms with van der Waals surface area (Å²) in [5.41, 5.74) is 2.48. The first-order chi connectivity index (χ1) is 17.1. The summed E-state index contributed by atoms with van der Waals surface area (Å²) >= 11 is 0. The molecule has 36 heavy (non-hydrogen) atoms. The second kappa shape index (κ2) is 10.3. The van der Waals surface area contributed by atoms with Gasteiger partial charge in [-0.05, 0) is 61.6 Å². The number of hydrogen-bond acceptors (Lipinski definition) is 6. The number of benzene rings is 2. The molecule has 0 bridgehead atoms. The number of sulfonamides is 1. The van der Waals surface area contributed by atoms with Gasteiger partial charge in [-0.3, -0.25) is 9.48 Å². The van der Waals surface area contributed by atoms with E-state index < -0.39 is 28.4 Å². The highest BCUT2D eigenvalue weighted by Crippen LogP contribution is 2.32. The lowest BCUT2D eigenvalue weighted by atomic mass is 9.94. The van der Waals surface area contributed by atoms with E-state index >= 15 is 0 Å². The van der Waals surface area contributed by atoms with Crippen LogP contribution in [0.25, 0.3) is 11.1 Å². The van der Waals surface area contributed by atoms with Crippen molar-refractivity contribution in [2.75, 3.05) is 6.61 Å². The van der Waals surface area contributed by atoms with Gasteiger partial charge in [-0.15, -0.1) is 13.2 Å². The average molecular weight is 524 g/mol. The van der Waals surface area contributed by atoms with Gasteiger partial charge in [-0.25, -0.2) is 13.1 Å². The van der Waals surface area contributed by atoms with E-state index in [9.17, 15) is 26.4 Å². The monoisotopic (exact) mass is 523 g/mol. The molecule has 12 heteroatoms. The molecule has 0 radical (unpaired) electrons. The Morgan fingerprint density at radius 3 is 2.61 bits per heavy atom. The predicted octanol–water partition coefficient (Wildman–Crippen LogP) is 4.37. The molecule has 0 saturated carbocycles. The first-order valence-corrected chi connectivity index (χ1v) is 12.7. The number of nitrogens with zero attached hydrogens (tertiary/aromatic N) is 2. The number of halogens is 3. The summed E-state index contributed by atoms with van der Waals surface area (Å²) < 4.78 is 76.9. The maximum Gasteiger partial charge on any atom is 0.573 e.